The highest BCUT2D eigenvalue weighted by Gasteiger charge is 2.30. The van der Waals surface area contributed by atoms with Gasteiger partial charge in [-0.3, -0.25) is 4.79 Å². The van der Waals surface area contributed by atoms with Gasteiger partial charge in [0.2, 0.25) is 5.91 Å². The van der Waals surface area contributed by atoms with Crippen LogP contribution in [0.2, 0.25) is 0 Å². The van der Waals surface area contributed by atoms with Crippen molar-refractivity contribution in [2.45, 2.75) is 57.4 Å². The molecule has 16 heavy (non-hydrogen) atoms. The summed E-state index contributed by atoms with van der Waals surface area (Å²) in [4.78, 5) is 11.8. The van der Waals surface area contributed by atoms with Gasteiger partial charge in [0.15, 0.2) is 0 Å². The van der Waals surface area contributed by atoms with E-state index in [4.69, 9.17) is 5.73 Å². The first-order chi connectivity index (χ1) is 7.56. The number of rotatable bonds is 5. The maximum absolute atomic E-state index is 11.8. The van der Waals surface area contributed by atoms with E-state index >= 15 is 0 Å². The molecule has 3 N–H and O–H groups in total. The predicted molar refractivity (Wildman–Crippen MR) is 70.5 cm³/mol. The predicted octanol–water partition coefficient (Wildman–Crippen LogP) is 1.76. The van der Waals surface area contributed by atoms with E-state index in [1.54, 1.807) is 0 Å². The topological polar surface area (TPSA) is 55.1 Å². The van der Waals surface area contributed by atoms with Crippen LogP contribution in [-0.4, -0.2) is 29.0 Å². The molecule has 0 bridgehead atoms. The number of amides is 1. The molecular formula is C12H24N2OS. The molecule has 0 spiro atoms. The van der Waals surface area contributed by atoms with Crippen molar-refractivity contribution in [1.29, 1.82) is 0 Å². The van der Waals surface area contributed by atoms with E-state index in [9.17, 15) is 4.79 Å². The Morgan fingerprint density at radius 2 is 2.19 bits per heavy atom. The lowest BCUT2D eigenvalue weighted by Crippen LogP contribution is -2.49. The Morgan fingerprint density at radius 3 is 2.75 bits per heavy atom. The van der Waals surface area contributed by atoms with Crippen molar-refractivity contribution in [3.8, 4) is 0 Å². The molecule has 0 radical (unpaired) electrons. The van der Waals surface area contributed by atoms with Crippen molar-refractivity contribution >= 4 is 17.7 Å². The average Bonchev–Trinajstić information content (AvgIpc) is 2.65. The van der Waals surface area contributed by atoms with E-state index < -0.39 is 0 Å². The Morgan fingerprint density at radius 1 is 1.50 bits per heavy atom. The van der Waals surface area contributed by atoms with Gasteiger partial charge in [-0.25, -0.2) is 0 Å². The molecule has 3 atom stereocenters. The minimum atomic E-state index is -0.368. The number of thioether (sulfide) groups is 1. The summed E-state index contributed by atoms with van der Waals surface area (Å²) >= 11 is 1.95. The third-order valence-electron chi connectivity index (χ3n) is 3.18. The molecule has 3 unspecified atom stereocenters. The van der Waals surface area contributed by atoms with Gasteiger partial charge in [-0.2, -0.15) is 11.8 Å². The standard InChI is InChI=1S/C12H24N2OS/c1-4-16-10-7-5-6-9(10)14-12(15)11(13)8(2)3/h8-11H,4-7,13H2,1-3H3,(H,14,15). The van der Waals surface area contributed by atoms with Crippen molar-refractivity contribution in [1.82, 2.24) is 5.32 Å². The average molecular weight is 244 g/mol. The quantitative estimate of drug-likeness (QED) is 0.775. The lowest BCUT2D eigenvalue weighted by molar-refractivity contribution is -0.123. The molecule has 1 rings (SSSR count). The van der Waals surface area contributed by atoms with Gasteiger partial charge in [-0.1, -0.05) is 27.2 Å². The molecule has 1 aliphatic rings. The monoisotopic (exact) mass is 244 g/mol. The summed E-state index contributed by atoms with van der Waals surface area (Å²) in [6.45, 7) is 6.13. The molecule has 0 heterocycles. The third kappa shape index (κ3) is 3.67. The second-order valence-electron chi connectivity index (χ2n) is 4.81. The molecule has 0 aromatic heterocycles. The van der Waals surface area contributed by atoms with Crippen molar-refractivity contribution in [3.63, 3.8) is 0 Å². The molecule has 1 fully saturated rings. The van der Waals surface area contributed by atoms with E-state index in [0.717, 1.165) is 12.2 Å². The number of nitrogens with two attached hydrogens (primary N) is 1. The van der Waals surface area contributed by atoms with Crippen LogP contribution in [0.25, 0.3) is 0 Å². The maximum atomic E-state index is 11.8. The van der Waals surface area contributed by atoms with Crippen LogP contribution in [-0.2, 0) is 4.79 Å². The summed E-state index contributed by atoms with van der Waals surface area (Å²) in [7, 11) is 0. The minimum absolute atomic E-state index is 0.0172. The number of nitrogens with one attached hydrogen (secondary N) is 1. The fraction of sp³-hybridized carbons (Fsp3) is 0.917. The van der Waals surface area contributed by atoms with Gasteiger partial charge in [-0.05, 0) is 24.5 Å². The molecule has 1 amide bonds. The van der Waals surface area contributed by atoms with Crippen LogP contribution < -0.4 is 11.1 Å². The van der Waals surface area contributed by atoms with Gasteiger partial charge in [0, 0.05) is 11.3 Å². The summed E-state index contributed by atoms with van der Waals surface area (Å²) in [5.41, 5.74) is 5.84. The second-order valence-corrected chi connectivity index (χ2v) is 6.33. The van der Waals surface area contributed by atoms with Crippen LogP contribution in [0.15, 0.2) is 0 Å². The lowest BCUT2D eigenvalue weighted by atomic mass is 10.0. The molecule has 4 heteroatoms. The van der Waals surface area contributed by atoms with Crippen molar-refractivity contribution in [2.75, 3.05) is 5.75 Å². The first kappa shape index (κ1) is 13.8. The highest BCUT2D eigenvalue weighted by molar-refractivity contribution is 7.99. The summed E-state index contributed by atoms with van der Waals surface area (Å²) in [5, 5.41) is 3.70. The molecule has 3 nitrogen and oxygen atoms in total. The Bertz CT molecular complexity index is 233. The van der Waals surface area contributed by atoms with Crippen LogP contribution in [0.4, 0.5) is 0 Å². The van der Waals surface area contributed by atoms with Crippen LogP contribution in [0, 0.1) is 5.92 Å². The smallest absolute Gasteiger partial charge is 0.237 e. The van der Waals surface area contributed by atoms with E-state index in [1.165, 1.54) is 12.8 Å². The second kappa shape index (κ2) is 6.50. The fourth-order valence-electron chi connectivity index (χ4n) is 2.09. The summed E-state index contributed by atoms with van der Waals surface area (Å²) < 4.78 is 0. The van der Waals surface area contributed by atoms with Crippen molar-refractivity contribution < 1.29 is 4.79 Å². The van der Waals surface area contributed by atoms with Crippen molar-refractivity contribution in [2.24, 2.45) is 11.7 Å². The largest absolute Gasteiger partial charge is 0.351 e. The van der Waals surface area contributed by atoms with Gasteiger partial charge in [-0.15, -0.1) is 0 Å². The van der Waals surface area contributed by atoms with Crippen LogP contribution >= 0.6 is 11.8 Å². The number of hydrogen-bond acceptors (Lipinski definition) is 3. The maximum Gasteiger partial charge on any atom is 0.237 e. The van der Waals surface area contributed by atoms with E-state index in [0.29, 0.717) is 11.3 Å². The number of carbonyl (C=O) groups is 1. The number of hydrogen-bond donors (Lipinski definition) is 2. The summed E-state index contributed by atoms with van der Waals surface area (Å²) in [6, 6.07) is -0.0323. The van der Waals surface area contributed by atoms with E-state index in [2.05, 4.69) is 12.2 Å². The van der Waals surface area contributed by atoms with Crippen molar-refractivity contribution in [3.05, 3.63) is 0 Å². The summed E-state index contributed by atoms with van der Waals surface area (Å²) in [6.07, 6.45) is 3.55. The summed E-state index contributed by atoms with van der Waals surface area (Å²) in [5.74, 6) is 1.34. The zero-order valence-electron chi connectivity index (χ0n) is 10.5. The van der Waals surface area contributed by atoms with Crippen LogP contribution in [0.3, 0.4) is 0 Å². The van der Waals surface area contributed by atoms with E-state index in [1.807, 2.05) is 25.6 Å². The molecule has 0 saturated heterocycles. The molecule has 1 aliphatic carbocycles. The highest BCUT2D eigenvalue weighted by atomic mass is 32.2. The number of carbonyl (C=O) groups excluding carboxylic acids is 1. The van der Waals surface area contributed by atoms with Gasteiger partial charge < -0.3 is 11.1 Å². The van der Waals surface area contributed by atoms with Gasteiger partial charge in [0.1, 0.15) is 0 Å². The first-order valence-corrected chi connectivity index (χ1v) is 7.28. The van der Waals surface area contributed by atoms with Crippen LogP contribution in [0.1, 0.15) is 40.0 Å². The van der Waals surface area contributed by atoms with Gasteiger partial charge in [0.05, 0.1) is 6.04 Å². The fourth-order valence-corrected chi connectivity index (χ4v) is 3.28. The van der Waals surface area contributed by atoms with Gasteiger partial charge in [0.25, 0.3) is 0 Å². The molecular weight excluding hydrogens is 220 g/mol. The molecule has 0 aromatic rings. The normalized spacial score (nSPS) is 27.1. The molecule has 0 aromatic carbocycles. The molecule has 0 aliphatic heterocycles. The minimum Gasteiger partial charge on any atom is -0.351 e. The molecule has 1 saturated carbocycles. The lowest BCUT2D eigenvalue weighted by Gasteiger charge is -2.23. The zero-order valence-corrected chi connectivity index (χ0v) is 11.3. The van der Waals surface area contributed by atoms with E-state index in [-0.39, 0.29) is 17.9 Å². The zero-order chi connectivity index (χ0) is 12.1. The van der Waals surface area contributed by atoms with Gasteiger partial charge >= 0.3 is 0 Å². The SMILES string of the molecule is CCSC1CCCC1NC(=O)C(N)C(C)C. The van der Waals surface area contributed by atoms with Crippen LogP contribution in [0.5, 0.6) is 0 Å². The Balaban J connectivity index is 2.43. The Kier molecular flexibility index (Phi) is 5.62. The molecule has 94 valence electrons. The third-order valence-corrected chi connectivity index (χ3v) is 4.51. The highest BCUT2D eigenvalue weighted by Crippen LogP contribution is 2.29. The first-order valence-electron chi connectivity index (χ1n) is 6.23. The Hall–Kier alpha value is -0.220. The Labute approximate surface area is 103 Å².